The van der Waals surface area contributed by atoms with Crippen LogP contribution in [0.1, 0.15) is 47.0 Å². The molecule has 4 heteroatoms. The molecule has 1 fully saturated rings. The lowest BCUT2D eigenvalue weighted by Gasteiger charge is -2.30. The lowest BCUT2D eigenvalue weighted by atomic mass is 9.94. The van der Waals surface area contributed by atoms with Crippen LogP contribution >= 0.6 is 0 Å². The number of hydrogen-bond donors (Lipinski definition) is 1. The van der Waals surface area contributed by atoms with Crippen molar-refractivity contribution in [2.75, 3.05) is 6.61 Å². The lowest BCUT2D eigenvalue weighted by molar-refractivity contribution is -0.158. The highest BCUT2D eigenvalue weighted by Gasteiger charge is 2.27. The van der Waals surface area contributed by atoms with E-state index >= 15 is 0 Å². The molecule has 0 bridgehead atoms. The molecule has 4 nitrogen and oxygen atoms in total. The van der Waals surface area contributed by atoms with Gasteiger partial charge in [0.05, 0.1) is 25.2 Å². The zero-order valence-corrected chi connectivity index (χ0v) is 11.2. The summed E-state index contributed by atoms with van der Waals surface area (Å²) >= 11 is 0. The van der Waals surface area contributed by atoms with Crippen LogP contribution in [0.5, 0.6) is 0 Å². The number of carbonyl (C=O) groups excluding carboxylic acids is 1. The van der Waals surface area contributed by atoms with Crippen molar-refractivity contribution in [3.8, 4) is 0 Å². The van der Waals surface area contributed by atoms with Crippen molar-refractivity contribution in [1.82, 2.24) is 0 Å². The summed E-state index contributed by atoms with van der Waals surface area (Å²) in [6.45, 7) is 7.87. The molecule has 1 rings (SSSR count). The molecule has 17 heavy (non-hydrogen) atoms. The highest BCUT2D eigenvalue weighted by molar-refractivity contribution is 5.70. The molecule has 100 valence electrons. The minimum Gasteiger partial charge on any atom is -0.460 e. The quantitative estimate of drug-likeness (QED) is 0.770. The average Bonchev–Trinajstić information content (AvgIpc) is 2.15. The number of rotatable bonds is 3. The van der Waals surface area contributed by atoms with Crippen molar-refractivity contribution in [2.45, 2.75) is 64.8 Å². The average molecular weight is 244 g/mol. The summed E-state index contributed by atoms with van der Waals surface area (Å²) < 4.78 is 10.8. The van der Waals surface area contributed by atoms with Gasteiger partial charge in [0.15, 0.2) is 0 Å². The molecular formula is C13H24O4. The van der Waals surface area contributed by atoms with Gasteiger partial charge in [0.1, 0.15) is 5.60 Å². The van der Waals surface area contributed by atoms with E-state index in [1.807, 2.05) is 20.8 Å². The van der Waals surface area contributed by atoms with Crippen LogP contribution < -0.4 is 0 Å². The van der Waals surface area contributed by atoms with Crippen molar-refractivity contribution >= 4 is 5.97 Å². The molecule has 0 aromatic heterocycles. The fraction of sp³-hybridized carbons (Fsp3) is 0.923. The Morgan fingerprint density at radius 2 is 2.12 bits per heavy atom. The zero-order valence-electron chi connectivity index (χ0n) is 11.2. The maximum Gasteiger partial charge on any atom is 0.306 e. The maximum absolute atomic E-state index is 11.6. The summed E-state index contributed by atoms with van der Waals surface area (Å²) in [4.78, 5) is 11.6. The van der Waals surface area contributed by atoms with Gasteiger partial charge >= 0.3 is 5.97 Å². The second-order valence-corrected chi connectivity index (χ2v) is 5.85. The Hall–Kier alpha value is -0.610. The SMILES string of the molecule is CC(O)[C@@H]1CC[C@@H](CC(=O)OC(C)(C)C)CO1. The van der Waals surface area contributed by atoms with Crippen LogP contribution in [0.3, 0.4) is 0 Å². The first-order valence-corrected chi connectivity index (χ1v) is 6.29. The molecule has 0 radical (unpaired) electrons. The third-order valence-electron chi connectivity index (χ3n) is 2.82. The number of aliphatic hydroxyl groups is 1. The van der Waals surface area contributed by atoms with Gasteiger partial charge < -0.3 is 14.6 Å². The van der Waals surface area contributed by atoms with E-state index in [9.17, 15) is 9.90 Å². The Morgan fingerprint density at radius 3 is 2.53 bits per heavy atom. The third-order valence-corrected chi connectivity index (χ3v) is 2.82. The minimum absolute atomic E-state index is 0.0788. The first-order valence-electron chi connectivity index (χ1n) is 6.29. The van der Waals surface area contributed by atoms with Crippen molar-refractivity contribution in [2.24, 2.45) is 5.92 Å². The van der Waals surface area contributed by atoms with Crippen LogP contribution in [-0.4, -0.2) is 35.5 Å². The molecular weight excluding hydrogens is 220 g/mol. The van der Waals surface area contributed by atoms with Crippen LogP contribution in [-0.2, 0) is 14.3 Å². The van der Waals surface area contributed by atoms with Gasteiger partial charge in [0.25, 0.3) is 0 Å². The minimum atomic E-state index is -0.433. The third kappa shape index (κ3) is 5.50. The van der Waals surface area contributed by atoms with Gasteiger partial charge in [-0.15, -0.1) is 0 Å². The highest BCUT2D eigenvalue weighted by atomic mass is 16.6. The van der Waals surface area contributed by atoms with Gasteiger partial charge in [-0.05, 0) is 46.5 Å². The second kappa shape index (κ2) is 5.83. The van der Waals surface area contributed by atoms with E-state index in [0.717, 1.165) is 12.8 Å². The van der Waals surface area contributed by atoms with E-state index in [0.29, 0.717) is 13.0 Å². The Bertz CT molecular complexity index is 247. The first-order chi connectivity index (χ1) is 7.78. The summed E-state index contributed by atoms with van der Waals surface area (Å²) in [5.74, 6) is 0.0569. The van der Waals surface area contributed by atoms with Crippen molar-refractivity contribution in [1.29, 1.82) is 0 Å². The molecule has 0 aromatic carbocycles. The number of ether oxygens (including phenoxy) is 2. The smallest absolute Gasteiger partial charge is 0.306 e. The van der Waals surface area contributed by atoms with Crippen molar-refractivity contribution < 1.29 is 19.4 Å². The van der Waals surface area contributed by atoms with Gasteiger partial charge in [0.2, 0.25) is 0 Å². The largest absolute Gasteiger partial charge is 0.460 e. The Morgan fingerprint density at radius 1 is 1.47 bits per heavy atom. The van der Waals surface area contributed by atoms with Gasteiger partial charge in [-0.1, -0.05) is 0 Å². The molecule has 3 atom stereocenters. The molecule has 0 saturated carbocycles. The first kappa shape index (κ1) is 14.5. The Labute approximate surface area is 103 Å². The summed E-state index contributed by atoms with van der Waals surface area (Å²) in [7, 11) is 0. The molecule has 1 aliphatic rings. The van der Waals surface area contributed by atoms with E-state index in [4.69, 9.17) is 9.47 Å². The topological polar surface area (TPSA) is 55.8 Å². The second-order valence-electron chi connectivity index (χ2n) is 5.85. The molecule has 0 aromatic rings. The predicted molar refractivity (Wildman–Crippen MR) is 64.6 cm³/mol. The molecule has 1 N–H and O–H groups in total. The van der Waals surface area contributed by atoms with Crippen molar-refractivity contribution in [3.63, 3.8) is 0 Å². The standard InChI is InChI=1S/C13H24O4/c1-9(14)11-6-5-10(8-16-11)7-12(15)17-13(2,3)4/h9-11,14H,5-8H2,1-4H3/t9?,10-,11-/m0/s1. The summed E-state index contributed by atoms with van der Waals surface area (Å²) in [5, 5.41) is 9.38. The summed E-state index contributed by atoms with van der Waals surface area (Å²) in [6.07, 6.45) is 1.62. The van der Waals surface area contributed by atoms with Crippen LogP contribution in [0.15, 0.2) is 0 Å². The molecule has 1 aliphatic heterocycles. The van der Waals surface area contributed by atoms with Gasteiger partial charge in [0, 0.05) is 0 Å². The van der Waals surface area contributed by atoms with E-state index < -0.39 is 11.7 Å². The van der Waals surface area contributed by atoms with E-state index in [1.54, 1.807) is 6.92 Å². The van der Waals surface area contributed by atoms with Crippen LogP contribution in [0.4, 0.5) is 0 Å². The predicted octanol–water partition coefficient (Wildman–Crippen LogP) is 1.89. The number of aliphatic hydroxyl groups excluding tert-OH is 1. The van der Waals surface area contributed by atoms with Gasteiger partial charge in [-0.2, -0.15) is 0 Å². The number of hydrogen-bond acceptors (Lipinski definition) is 4. The normalized spacial score (nSPS) is 27.6. The molecule has 0 amide bonds. The van der Waals surface area contributed by atoms with Crippen molar-refractivity contribution in [3.05, 3.63) is 0 Å². The molecule has 1 unspecified atom stereocenters. The number of esters is 1. The van der Waals surface area contributed by atoms with Crippen LogP contribution in [0.2, 0.25) is 0 Å². The molecule has 0 spiro atoms. The fourth-order valence-corrected chi connectivity index (χ4v) is 1.99. The molecule has 1 saturated heterocycles. The summed E-state index contributed by atoms with van der Waals surface area (Å²) in [5.41, 5.74) is -0.422. The fourth-order valence-electron chi connectivity index (χ4n) is 1.99. The Balaban J connectivity index is 2.29. The van der Waals surface area contributed by atoms with Crippen LogP contribution in [0.25, 0.3) is 0 Å². The zero-order chi connectivity index (χ0) is 13.1. The monoisotopic (exact) mass is 244 g/mol. The summed E-state index contributed by atoms with van der Waals surface area (Å²) in [6, 6.07) is 0. The van der Waals surface area contributed by atoms with Gasteiger partial charge in [-0.3, -0.25) is 4.79 Å². The molecule has 0 aliphatic carbocycles. The van der Waals surface area contributed by atoms with Gasteiger partial charge in [-0.25, -0.2) is 0 Å². The van der Waals surface area contributed by atoms with E-state index in [-0.39, 0.29) is 18.0 Å². The Kier molecular flexibility index (Phi) is 4.95. The van der Waals surface area contributed by atoms with Crippen LogP contribution in [0, 0.1) is 5.92 Å². The number of carbonyl (C=O) groups is 1. The highest BCUT2D eigenvalue weighted by Crippen LogP contribution is 2.24. The lowest BCUT2D eigenvalue weighted by Crippen LogP contribution is -2.35. The van der Waals surface area contributed by atoms with E-state index in [2.05, 4.69) is 0 Å². The maximum atomic E-state index is 11.6. The molecule has 1 heterocycles. The van der Waals surface area contributed by atoms with E-state index in [1.165, 1.54) is 0 Å².